The Balaban J connectivity index is 2.52. The Morgan fingerprint density at radius 3 is 2.52 bits per heavy atom. The molecule has 0 spiro atoms. The van der Waals surface area contributed by atoms with Gasteiger partial charge < -0.3 is 9.57 Å². The molecule has 0 unspecified atom stereocenters. The zero-order valence-corrected chi connectivity index (χ0v) is 14.0. The molecule has 6 heteroatoms. The zero-order chi connectivity index (χ0) is 17.0. The first-order chi connectivity index (χ1) is 10.8. The molecule has 0 bridgehead atoms. The van der Waals surface area contributed by atoms with Gasteiger partial charge in [0.2, 0.25) is 0 Å². The topological polar surface area (TPSA) is 65.7 Å². The maximum Gasteiger partial charge on any atom is 0.419 e. The fraction of sp³-hybridized carbons (Fsp3) is 0.353. The van der Waals surface area contributed by atoms with Gasteiger partial charge in [0.05, 0.1) is 11.9 Å². The van der Waals surface area contributed by atoms with Gasteiger partial charge in [0.1, 0.15) is 12.7 Å². The molecule has 0 aliphatic heterocycles. The molecule has 0 amide bonds. The van der Waals surface area contributed by atoms with Crippen LogP contribution < -0.4 is 0 Å². The van der Waals surface area contributed by atoms with Gasteiger partial charge in [0.25, 0.3) is 0 Å². The fourth-order valence-corrected chi connectivity index (χ4v) is 2.16. The monoisotopic (exact) mass is 315 g/mol. The average Bonchev–Trinajstić information content (AvgIpc) is 2.81. The van der Waals surface area contributed by atoms with Crippen molar-refractivity contribution in [1.29, 1.82) is 0 Å². The van der Waals surface area contributed by atoms with E-state index in [9.17, 15) is 4.79 Å². The third-order valence-electron chi connectivity index (χ3n) is 3.17. The molecule has 0 aliphatic rings. The van der Waals surface area contributed by atoms with E-state index in [0.717, 1.165) is 16.7 Å². The van der Waals surface area contributed by atoms with E-state index >= 15 is 0 Å². The van der Waals surface area contributed by atoms with E-state index in [0.29, 0.717) is 5.69 Å². The van der Waals surface area contributed by atoms with Crippen molar-refractivity contribution in [2.24, 2.45) is 5.16 Å². The smallest absolute Gasteiger partial charge is 0.419 e. The standard InChI is InChI=1S/C17H21N3O3/c1-12-14(13-6-8-18-9-7-13)11-20(15(12)10-19-22-5)16(21)23-17(2,3)4/h6-11H,1-5H3. The van der Waals surface area contributed by atoms with E-state index in [1.165, 1.54) is 17.9 Å². The van der Waals surface area contributed by atoms with Crippen LogP contribution in [0.3, 0.4) is 0 Å². The van der Waals surface area contributed by atoms with Crippen molar-refractivity contribution in [1.82, 2.24) is 9.55 Å². The third-order valence-corrected chi connectivity index (χ3v) is 3.17. The lowest BCUT2D eigenvalue weighted by atomic mass is 10.1. The summed E-state index contributed by atoms with van der Waals surface area (Å²) in [6.45, 7) is 7.41. The van der Waals surface area contributed by atoms with Gasteiger partial charge in [-0.15, -0.1) is 0 Å². The van der Waals surface area contributed by atoms with Crippen LogP contribution in [0.4, 0.5) is 4.79 Å². The fourth-order valence-electron chi connectivity index (χ4n) is 2.16. The second kappa shape index (κ2) is 6.64. The quantitative estimate of drug-likeness (QED) is 0.641. The van der Waals surface area contributed by atoms with Crippen LogP contribution in [0.1, 0.15) is 32.0 Å². The summed E-state index contributed by atoms with van der Waals surface area (Å²) in [7, 11) is 1.45. The molecule has 23 heavy (non-hydrogen) atoms. The van der Waals surface area contributed by atoms with Gasteiger partial charge in [-0.1, -0.05) is 5.16 Å². The molecular formula is C17H21N3O3. The minimum Gasteiger partial charge on any atom is -0.443 e. The number of ether oxygens (including phenoxy) is 1. The van der Waals surface area contributed by atoms with E-state index < -0.39 is 11.7 Å². The summed E-state index contributed by atoms with van der Waals surface area (Å²) in [6, 6.07) is 3.78. The summed E-state index contributed by atoms with van der Waals surface area (Å²) in [5, 5.41) is 3.78. The zero-order valence-electron chi connectivity index (χ0n) is 14.0. The first kappa shape index (κ1) is 16.7. The number of pyridine rings is 1. The maximum atomic E-state index is 12.5. The second-order valence-electron chi connectivity index (χ2n) is 6.06. The molecule has 0 saturated heterocycles. The van der Waals surface area contributed by atoms with E-state index in [4.69, 9.17) is 9.57 Å². The lowest BCUT2D eigenvalue weighted by molar-refractivity contribution is 0.0536. The van der Waals surface area contributed by atoms with Crippen molar-refractivity contribution in [2.75, 3.05) is 7.11 Å². The minimum atomic E-state index is -0.582. The summed E-state index contributed by atoms with van der Waals surface area (Å²) in [5.41, 5.74) is 2.82. The van der Waals surface area contributed by atoms with Gasteiger partial charge in [-0.3, -0.25) is 9.55 Å². The predicted molar refractivity (Wildman–Crippen MR) is 88.6 cm³/mol. The van der Waals surface area contributed by atoms with Crippen molar-refractivity contribution in [3.05, 3.63) is 42.0 Å². The third kappa shape index (κ3) is 3.97. The second-order valence-corrected chi connectivity index (χ2v) is 6.06. The molecule has 122 valence electrons. The number of aromatic nitrogens is 2. The number of oxime groups is 1. The van der Waals surface area contributed by atoms with Crippen LogP contribution in [-0.4, -0.2) is 34.6 Å². The summed E-state index contributed by atoms with van der Waals surface area (Å²) < 4.78 is 6.90. The Morgan fingerprint density at radius 1 is 1.30 bits per heavy atom. The van der Waals surface area contributed by atoms with E-state index in [2.05, 4.69) is 10.1 Å². The number of nitrogens with zero attached hydrogens (tertiary/aromatic N) is 3. The Hall–Kier alpha value is -2.63. The SMILES string of the molecule is CON=Cc1c(C)c(-c2ccncc2)cn1C(=O)OC(C)(C)C. The highest BCUT2D eigenvalue weighted by Gasteiger charge is 2.22. The number of carbonyl (C=O) groups is 1. The van der Waals surface area contributed by atoms with E-state index in [1.807, 2.05) is 39.8 Å². The van der Waals surface area contributed by atoms with Gasteiger partial charge in [-0.05, 0) is 51.0 Å². The van der Waals surface area contributed by atoms with Crippen molar-refractivity contribution >= 4 is 12.3 Å². The van der Waals surface area contributed by atoms with Crippen LogP contribution in [0.15, 0.2) is 35.9 Å². The van der Waals surface area contributed by atoms with Crippen molar-refractivity contribution in [2.45, 2.75) is 33.3 Å². The summed E-state index contributed by atoms with van der Waals surface area (Å²) >= 11 is 0. The summed E-state index contributed by atoms with van der Waals surface area (Å²) in [6.07, 6.45) is 6.21. The van der Waals surface area contributed by atoms with Gasteiger partial charge in [0.15, 0.2) is 0 Å². The number of hydrogen-bond donors (Lipinski definition) is 0. The van der Waals surface area contributed by atoms with Gasteiger partial charge in [-0.2, -0.15) is 0 Å². The number of hydrogen-bond acceptors (Lipinski definition) is 5. The molecule has 2 heterocycles. The molecular weight excluding hydrogens is 294 g/mol. The lowest BCUT2D eigenvalue weighted by Crippen LogP contribution is -2.27. The predicted octanol–water partition coefficient (Wildman–Crippen LogP) is 3.62. The van der Waals surface area contributed by atoms with Crippen molar-refractivity contribution < 1.29 is 14.4 Å². The Labute approximate surface area is 135 Å². The molecule has 2 rings (SSSR count). The molecule has 2 aromatic heterocycles. The molecule has 6 nitrogen and oxygen atoms in total. The highest BCUT2D eigenvalue weighted by molar-refractivity contribution is 5.90. The van der Waals surface area contributed by atoms with Gasteiger partial charge in [-0.25, -0.2) is 4.79 Å². The van der Waals surface area contributed by atoms with Gasteiger partial charge in [0, 0.05) is 24.2 Å². The highest BCUT2D eigenvalue weighted by Crippen LogP contribution is 2.27. The first-order valence-electron chi connectivity index (χ1n) is 7.25. The van der Waals surface area contributed by atoms with Crippen LogP contribution in [0, 0.1) is 6.92 Å². The van der Waals surface area contributed by atoms with E-state index in [1.54, 1.807) is 18.6 Å². The largest absolute Gasteiger partial charge is 0.443 e. The first-order valence-corrected chi connectivity index (χ1v) is 7.25. The van der Waals surface area contributed by atoms with Crippen LogP contribution in [-0.2, 0) is 9.57 Å². The molecule has 0 aliphatic carbocycles. The molecule has 0 radical (unpaired) electrons. The molecule has 2 aromatic rings. The molecule has 0 atom stereocenters. The molecule has 0 N–H and O–H groups in total. The Morgan fingerprint density at radius 2 is 1.96 bits per heavy atom. The highest BCUT2D eigenvalue weighted by atomic mass is 16.6. The number of carbonyl (C=O) groups excluding carboxylic acids is 1. The Kier molecular flexibility index (Phi) is 4.83. The van der Waals surface area contributed by atoms with Crippen LogP contribution >= 0.6 is 0 Å². The molecule has 0 fully saturated rings. The van der Waals surface area contributed by atoms with Crippen molar-refractivity contribution in [3.8, 4) is 11.1 Å². The van der Waals surface area contributed by atoms with Crippen molar-refractivity contribution in [3.63, 3.8) is 0 Å². The minimum absolute atomic E-state index is 0.460. The Bertz CT molecular complexity index is 713. The van der Waals surface area contributed by atoms with Crippen LogP contribution in [0.2, 0.25) is 0 Å². The lowest BCUT2D eigenvalue weighted by Gasteiger charge is -2.20. The normalized spacial score (nSPS) is 11.7. The average molecular weight is 315 g/mol. The van der Waals surface area contributed by atoms with E-state index in [-0.39, 0.29) is 0 Å². The number of rotatable bonds is 3. The summed E-state index contributed by atoms with van der Waals surface area (Å²) in [4.78, 5) is 21.2. The van der Waals surface area contributed by atoms with Crippen LogP contribution in [0.5, 0.6) is 0 Å². The van der Waals surface area contributed by atoms with Gasteiger partial charge >= 0.3 is 6.09 Å². The summed E-state index contributed by atoms with van der Waals surface area (Å²) in [5.74, 6) is 0. The maximum absolute atomic E-state index is 12.5. The molecule has 0 saturated carbocycles. The van der Waals surface area contributed by atoms with Crippen LogP contribution in [0.25, 0.3) is 11.1 Å². The molecule has 0 aromatic carbocycles.